The van der Waals surface area contributed by atoms with E-state index in [1.54, 1.807) is 6.92 Å². The largest absolute Gasteiger partial charge is 0.481 e. The van der Waals surface area contributed by atoms with E-state index >= 15 is 0 Å². The molecule has 7 heteroatoms. The van der Waals surface area contributed by atoms with E-state index in [2.05, 4.69) is 10.1 Å². The molecule has 92 valence electrons. The van der Waals surface area contributed by atoms with Crippen molar-refractivity contribution in [1.29, 1.82) is 0 Å². The standard InChI is InChI=1S/C10H13N3O4/c1-6-11-8(12-17-6)9(14)13-4-2-3-7(5-13)10(15)16/h7H,2-5H2,1H3,(H,15,16)/t7-/m0/s1. The zero-order valence-electron chi connectivity index (χ0n) is 9.42. The molecular formula is C10H13N3O4. The zero-order valence-corrected chi connectivity index (χ0v) is 9.42. The average Bonchev–Trinajstić information content (AvgIpc) is 2.75. The van der Waals surface area contributed by atoms with Gasteiger partial charge in [-0.1, -0.05) is 5.16 Å². The third kappa shape index (κ3) is 2.43. The maximum absolute atomic E-state index is 11.9. The topological polar surface area (TPSA) is 96.5 Å². The van der Waals surface area contributed by atoms with Crippen LogP contribution in [0.15, 0.2) is 4.52 Å². The summed E-state index contributed by atoms with van der Waals surface area (Å²) in [5.41, 5.74) is 0. The Morgan fingerprint density at radius 3 is 2.88 bits per heavy atom. The van der Waals surface area contributed by atoms with Crippen LogP contribution < -0.4 is 0 Å². The molecule has 0 aliphatic carbocycles. The molecule has 1 aromatic rings. The number of carbonyl (C=O) groups is 2. The maximum atomic E-state index is 11.9. The molecule has 0 saturated carbocycles. The van der Waals surface area contributed by atoms with Crippen molar-refractivity contribution in [2.75, 3.05) is 13.1 Å². The molecular weight excluding hydrogens is 226 g/mol. The average molecular weight is 239 g/mol. The number of carboxylic acid groups (broad SMARTS) is 1. The number of hydrogen-bond acceptors (Lipinski definition) is 5. The van der Waals surface area contributed by atoms with E-state index in [0.717, 1.165) is 0 Å². The highest BCUT2D eigenvalue weighted by molar-refractivity contribution is 5.90. The SMILES string of the molecule is Cc1nc(C(=O)N2CCC[C@H](C(=O)O)C2)no1. The zero-order chi connectivity index (χ0) is 12.4. The first-order valence-corrected chi connectivity index (χ1v) is 5.40. The van der Waals surface area contributed by atoms with Gasteiger partial charge in [-0.25, -0.2) is 0 Å². The molecule has 0 bridgehead atoms. The number of carbonyl (C=O) groups excluding carboxylic acids is 1. The number of aryl methyl sites for hydroxylation is 1. The van der Waals surface area contributed by atoms with Crippen LogP contribution >= 0.6 is 0 Å². The van der Waals surface area contributed by atoms with E-state index in [-0.39, 0.29) is 18.3 Å². The predicted octanol–water partition coefficient (Wildman–Crippen LogP) is 0.315. The first-order valence-electron chi connectivity index (χ1n) is 5.40. The smallest absolute Gasteiger partial charge is 0.308 e. The quantitative estimate of drug-likeness (QED) is 0.798. The molecule has 1 saturated heterocycles. The van der Waals surface area contributed by atoms with E-state index in [1.807, 2.05) is 0 Å². The Balaban J connectivity index is 2.07. The van der Waals surface area contributed by atoms with Gasteiger partial charge in [0.25, 0.3) is 11.7 Å². The van der Waals surface area contributed by atoms with Gasteiger partial charge in [-0.05, 0) is 12.8 Å². The van der Waals surface area contributed by atoms with Crippen molar-refractivity contribution >= 4 is 11.9 Å². The summed E-state index contributed by atoms with van der Waals surface area (Å²) in [6, 6.07) is 0. The van der Waals surface area contributed by atoms with Gasteiger partial charge in [0.05, 0.1) is 5.92 Å². The Morgan fingerprint density at radius 2 is 2.29 bits per heavy atom. The highest BCUT2D eigenvalue weighted by Gasteiger charge is 2.30. The first-order chi connectivity index (χ1) is 8.08. The second-order valence-corrected chi connectivity index (χ2v) is 4.07. The Labute approximate surface area is 97.4 Å². The van der Waals surface area contributed by atoms with Crippen molar-refractivity contribution < 1.29 is 19.2 Å². The normalized spacial score (nSPS) is 20.3. The lowest BCUT2D eigenvalue weighted by atomic mass is 9.98. The first kappa shape index (κ1) is 11.6. The number of likely N-dealkylation sites (tertiary alicyclic amines) is 1. The van der Waals surface area contributed by atoms with Crippen molar-refractivity contribution in [3.8, 4) is 0 Å². The monoisotopic (exact) mass is 239 g/mol. The van der Waals surface area contributed by atoms with Crippen LogP contribution in [0.1, 0.15) is 29.4 Å². The Hall–Kier alpha value is -1.92. The van der Waals surface area contributed by atoms with Crippen LogP contribution in [-0.2, 0) is 4.79 Å². The van der Waals surface area contributed by atoms with Gasteiger partial charge in [-0.2, -0.15) is 4.98 Å². The number of nitrogens with zero attached hydrogens (tertiary/aromatic N) is 3. The van der Waals surface area contributed by atoms with Crippen LogP contribution in [0.2, 0.25) is 0 Å². The van der Waals surface area contributed by atoms with Crippen LogP contribution in [-0.4, -0.2) is 45.1 Å². The minimum Gasteiger partial charge on any atom is -0.481 e. The summed E-state index contributed by atoms with van der Waals surface area (Å²) >= 11 is 0. The number of amides is 1. The van der Waals surface area contributed by atoms with Gasteiger partial charge in [0.1, 0.15) is 0 Å². The van der Waals surface area contributed by atoms with E-state index in [9.17, 15) is 9.59 Å². The van der Waals surface area contributed by atoms with Gasteiger partial charge in [-0.3, -0.25) is 9.59 Å². The molecule has 0 aromatic carbocycles. The lowest BCUT2D eigenvalue weighted by molar-refractivity contribution is -0.143. The second-order valence-electron chi connectivity index (χ2n) is 4.07. The fourth-order valence-corrected chi connectivity index (χ4v) is 1.89. The van der Waals surface area contributed by atoms with Gasteiger partial charge >= 0.3 is 5.97 Å². The van der Waals surface area contributed by atoms with Gasteiger partial charge in [0, 0.05) is 20.0 Å². The summed E-state index contributed by atoms with van der Waals surface area (Å²) in [5, 5.41) is 12.5. The highest BCUT2D eigenvalue weighted by Crippen LogP contribution is 2.18. The van der Waals surface area contributed by atoms with Crippen LogP contribution in [0.25, 0.3) is 0 Å². The van der Waals surface area contributed by atoms with E-state index in [1.165, 1.54) is 4.90 Å². The molecule has 1 fully saturated rings. The molecule has 1 atom stereocenters. The lowest BCUT2D eigenvalue weighted by Gasteiger charge is -2.29. The summed E-state index contributed by atoms with van der Waals surface area (Å²) in [6.45, 7) is 2.35. The van der Waals surface area contributed by atoms with Crippen molar-refractivity contribution in [3.63, 3.8) is 0 Å². The number of rotatable bonds is 2. The summed E-state index contributed by atoms with van der Waals surface area (Å²) in [6.07, 6.45) is 1.28. The molecule has 0 unspecified atom stereocenters. The van der Waals surface area contributed by atoms with Crippen molar-refractivity contribution in [2.45, 2.75) is 19.8 Å². The molecule has 1 aliphatic heterocycles. The number of piperidine rings is 1. The second kappa shape index (κ2) is 4.52. The number of carboxylic acids is 1. The lowest BCUT2D eigenvalue weighted by Crippen LogP contribution is -2.42. The Kier molecular flexibility index (Phi) is 3.08. The number of aliphatic carboxylic acids is 1. The molecule has 1 aromatic heterocycles. The predicted molar refractivity (Wildman–Crippen MR) is 55.3 cm³/mol. The molecule has 17 heavy (non-hydrogen) atoms. The van der Waals surface area contributed by atoms with Crippen molar-refractivity contribution in [2.24, 2.45) is 5.92 Å². The molecule has 7 nitrogen and oxygen atoms in total. The summed E-state index contributed by atoms with van der Waals surface area (Å²) in [4.78, 5) is 28.1. The van der Waals surface area contributed by atoms with Crippen molar-refractivity contribution in [3.05, 3.63) is 11.7 Å². The molecule has 1 N–H and O–H groups in total. The summed E-state index contributed by atoms with van der Waals surface area (Å²) < 4.78 is 4.73. The highest BCUT2D eigenvalue weighted by atomic mass is 16.5. The molecule has 0 spiro atoms. The van der Waals surface area contributed by atoms with Gasteiger partial charge < -0.3 is 14.5 Å². The van der Waals surface area contributed by atoms with Gasteiger partial charge in [-0.15, -0.1) is 0 Å². The molecule has 2 rings (SSSR count). The third-order valence-electron chi connectivity index (χ3n) is 2.78. The molecule has 1 amide bonds. The minimum absolute atomic E-state index is 0.00598. The fraction of sp³-hybridized carbons (Fsp3) is 0.600. The minimum atomic E-state index is -0.869. The maximum Gasteiger partial charge on any atom is 0.308 e. The van der Waals surface area contributed by atoms with Crippen molar-refractivity contribution in [1.82, 2.24) is 15.0 Å². The molecule has 2 heterocycles. The van der Waals surface area contributed by atoms with Crippen LogP contribution in [0, 0.1) is 12.8 Å². The molecule has 1 aliphatic rings. The van der Waals surface area contributed by atoms with Gasteiger partial charge in [0.15, 0.2) is 0 Å². The Morgan fingerprint density at radius 1 is 1.53 bits per heavy atom. The number of hydrogen-bond donors (Lipinski definition) is 1. The molecule has 0 radical (unpaired) electrons. The van der Waals surface area contributed by atoms with E-state index in [0.29, 0.717) is 25.3 Å². The van der Waals surface area contributed by atoms with E-state index < -0.39 is 11.9 Å². The van der Waals surface area contributed by atoms with Crippen LogP contribution in [0.4, 0.5) is 0 Å². The van der Waals surface area contributed by atoms with Gasteiger partial charge in [0.2, 0.25) is 5.89 Å². The van der Waals surface area contributed by atoms with Crippen LogP contribution in [0.5, 0.6) is 0 Å². The third-order valence-corrected chi connectivity index (χ3v) is 2.78. The Bertz CT molecular complexity index is 443. The van der Waals surface area contributed by atoms with E-state index in [4.69, 9.17) is 9.63 Å². The number of aromatic nitrogens is 2. The fourth-order valence-electron chi connectivity index (χ4n) is 1.89. The summed E-state index contributed by atoms with van der Waals surface area (Å²) in [7, 11) is 0. The summed E-state index contributed by atoms with van der Waals surface area (Å²) in [5.74, 6) is -1.42. The van der Waals surface area contributed by atoms with Crippen LogP contribution in [0.3, 0.4) is 0 Å².